The minimum atomic E-state index is -0.995. The highest BCUT2D eigenvalue weighted by Gasteiger charge is 2.45. The molecule has 1 N–H and O–H groups in total. The van der Waals surface area contributed by atoms with Gasteiger partial charge in [0.25, 0.3) is 0 Å². The van der Waals surface area contributed by atoms with Crippen LogP contribution in [-0.4, -0.2) is 34.2 Å². The van der Waals surface area contributed by atoms with Crippen molar-refractivity contribution in [1.29, 1.82) is 0 Å². The monoisotopic (exact) mass is 267 g/mol. The third-order valence-corrected chi connectivity index (χ3v) is 3.16. The topological polar surface area (TPSA) is 66.8 Å². The maximum absolute atomic E-state index is 12.8. The van der Waals surface area contributed by atoms with Crippen LogP contribution in [0.15, 0.2) is 24.3 Å². The van der Waals surface area contributed by atoms with Gasteiger partial charge < -0.3 is 9.84 Å². The number of nitrogens with zero attached hydrogens (tertiary/aromatic N) is 1. The number of hydrogen-bond acceptors (Lipinski definition) is 3. The molecule has 5 nitrogen and oxygen atoms in total. The van der Waals surface area contributed by atoms with Gasteiger partial charge in [-0.1, -0.05) is 12.1 Å². The van der Waals surface area contributed by atoms with Gasteiger partial charge in [-0.3, -0.25) is 9.69 Å². The minimum Gasteiger partial charge on any atom is -0.481 e. The van der Waals surface area contributed by atoms with Crippen LogP contribution in [0.2, 0.25) is 0 Å². The summed E-state index contributed by atoms with van der Waals surface area (Å²) in [5.41, 5.74) is -0.158. The maximum atomic E-state index is 12.8. The van der Waals surface area contributed by atoms with E-state index in [1.807, 2.05) is 0 Å². The number of hydrogen-bond donors (Lipinski definition) is 1. The number of halogens is 1. The molecular weight excluding hydrogens is 253 g/mol. The number of ether oxygens (including phenoxy) is 1. The summed E-state index contributed by atoms with van der Waals surface area (Å²) in [4.78, 5) is 23.9. The molecule has 1 heterocycles. The molecule has 0 aromatic heterocycles. The SMILES string of the molecule is CC1(CC(=O)O)COC(=O)N1Cc1ccc(F)cc1. The van der Waals surface area contributed by atoms with Gasteiger partial charge in [0.15, 0.2) is 0 Å². The van der Waals surface area contributed by atoms with Crippen LogP contribution in [0, 0.1) is 5.82 Å². The standard InChI is InChI=1S/C13H14FNO4/c1-13(6-11(16)17)8-19-12(18)15(13)7-9-2-4-10(14)5-3-9/h2-5H,6-8H2,1H3,(H,16,17). The van der Waals surface area contributed by atoms with Crippen LogP contribution in [0.4, 0.5) is 9.18 Å². The smallest absolute Gasteiger partial charge is 0.410 e. The summed E-state index contributed by atoms with van der Waals surface area (Å²) < 4.78 is 17.7. The van der Waals surface area contributed by atoms with Crippen molar-refractivity contribution >= 4 is 12.1 Å². The average molecular weight is 267 g/mol. The van der Waals surface area contributed by atoms with Gasteiger partial charge in [-0.2, -0.15) is 0 Å². The quantitative estimate of drug-likeness (QED) is 0.906. The third kappa shape index (κ3) is 2.83. The highest BCUT2D eigenvalue weighted by atomic mass is 19.1. The fourth-order valence-electron chi connectivity index (χ4n) is 2.09. The summed E-state index contributed by atoms with van der Waals surface area (Å²) in [6, 6.07) is 5.71. The molecule has 1 aliphatic rings. The van der Waals surface area contributed by atoms with E-state index >= 15 is 0 Å². The van der Waals surface area contributed by atoms with E-state index in [-0.39, 0.29) is 25.4 Å². The number of carboxylic acids is 1. The number of carboxylic acid groups (broad SMARTS) is 1. The molecule has 102 valence electrons. The molecule has 1 unspecified atom stereocenters. The van der Waals surface area contributed by atoms with Gasteiger partial charge in [0.2, 0.25) is 0 Å². The Kier molecular flexibility index (Phi) is 3.42. The second kappa shape index (κ2) is 4.87. The van der Waals surface area contributed by atoms with Crippen molar-refractivity contribution in [1.82, 2.24) is 4.90 Å². The van der Waals surface area contributed by atoms with Gasteiger partial charge >= 0.3 is 12.1 Å². The lowest BCUT2D eigenvalue weighted by molar-refractivity contribution is -0.139. The van der Waals surface area contributed by atoms with E-state index in [0.717, 1.165) is 5.56 Å². The number of carbonyl (C=O) groups excluding carboxylic acids is 1. The number of aliphatic carboxylic acids is 1. The molecule has 0 spiro atoms. The van der Waals surface area contributed by atoms with Crippen LogP contribution >= 0.6 is 0 Å². The first-order chi connectivity index (χ1) is 8.90. The number of rotatable bonds is 4. The average Bonchev–Trinajstić information content (AvgIpc) is 2.59. The van der Waals surface area contributed by atoms with Crippen LogP contribution < -0.4 is 0 Å². The molecule has 1 amide bonds. The van der Waals surface area contributed by atoms with Crippen LogP contribution in [0.5, 0.6) is 0 Å². The molecule has 1 aromatic carbocycles. The van der Waals surface area contributed by atoms with Crippen molar-refractivity contribution in [2.45, 2.75) is 25.4 Å². The predicted molar refractivity (Wildman–Crippen MR) is 63.9 cm³/mol. The molecule has 1 aliphatic heterocycles. The Morgan fingerprint density at radius 3 is 2.68 bits per heavy atom. The Bertz CT molecular complexity index is 502. The highest BCUT2D eigenvalue weighted by Crippen LogP contribution is 2.29. The van der Waals surface area contributed by atoms with E-state index in [1.165, 1.54) is 17.0 Å². The van der Waals surface area contributed by atoms with E-state index in [9.17, 15) is 14.0 Å². The number of amides is 1. The molecule has 0 aliphatic carbocycles. The molecule has 2 rings (SSSR count). The molecule has 0 radical (unpaired) electrons. The van der Waals surface area contributed by atoms with Gasteiger partial charge in [0, 0.05) is 6.54 Å². The molecule has 0 saturated carbocycles. The van der Waals surface area contributed by atoms with Crippen molar-refractivity contribution in [2.75, 3.05) is 6.61 Å². The van der Waals surface area contributed by atoms with Crippen molar-refractivity contribution in [3.05, 3.63) is 35.6 Å². The van der Waals surface area contributed by atoms with Gasteiger partial charge in [-0.15, -0.1) is 0 Å². The Morgan fingerprint density at radius 1 is 1.47 bits per heavy atom. The van der Waals surface area contributed by atoms with E-state index in [4.69, 9.17) is 9.84 Å². The summed E-state index contributed by atoms with van der Waals surface area (Å²) in [5.74, 6) is -1.36. The van der Waals surface area contributed by atoms with Crippen molar-refractivity contribution in [3.63, 3.8) is 0 Å². The lowest BCUT2D eigenvalue weighted by atomic mass is 9.97. The maximum Gasteiger partial charge on any atom is 0.410 e. The molecule has 1 aromatic rings. The second-order valence-corrected chi connectivity index (χ2v) is 4.83. The Labute approximate surface area is 109 Å². The molecular formula is C13H14FNO4. The van der Waals surface area contributed by atoms with Crippen molar-refractivity contribution in [3.8, 4) is 0 Å². The lowest BCUT2D eigenvalue weighted by Crippen LogP contribution is -2.45. The Morgan fingerprint density at radius 2 is 2.11 bits per heavy atom. The van der Waals surface area contributed by atoms with Gasteiger partial charge in [-0.05, 0) is 24.6 Å². The first kappa shape index (κ1) is 13.3. The molecule has 1 atom stereocenters. The molecule has 1 saturated heterocycles. The Balaban J connectivity index is 2.18. The Hall–Kier alpha value is -2.11. The second-order valence-electron chi connectivity index (χ2n) is 4.83. The van der Waals surface area contributed by atoms with Crippen LogP contribution in [0.1, 0.15) is 18.9 Å². The molecule has 0 bridgehead atoms. The zero-order valence-electron chi connectivity index (χ0n) is 10.4. The number of benzene rings is 1. The van der Waals surface area contributed by atoms with E-state index in [0.29, 0.717) is 0 Å². The summed E-state index contributed by atoms with van der Waals surface area (Å²) >= 11 is 0. The molecule has 6 heteroatoms. The summed E-state index contributed by atoms with van der Waals surface area (Å²) in [7, 11) is 0. The first-order valence-electron chi connectivity index (χ1n) is 5.81. The first-order valence-corrected chi connectivity index (χ1v) is 5.81. The normalized spacial score (nSPS) is 22.4. The number of carbonyl (C=O) groups is 2. The van der Waals surface area contributed by atoms with Crippen LogP contribution in [-0.2, 0) is 16.1 Å². The largest absolute Gasteiger partial charge is 0.481 e. The van der Waals surface area contributed by atoms with E-state index < -0.39 is 17.6 Å². The number of cyclic esters (lactones) is 1. The molecule has 1 fully saturated rings. The van der Waals surface area contributed by atoms with E-state index in [2.05, 4.69) is 0 Å². The summed E-state index contributed by atoms with van der Waals surface area (Å²) in [6.45, 7) is 1.90. The van der Waals surface area contributed by atoms with Crippen LogP contribution in [0.25, 0.3) is 0 Å². The highest BCUT2D eigenvalue weighted by molar-refractivity contribution is 5.75. The van der Waals surface area contributed by atoms with Gasteiger partial charge in [0.05, 0.1) is 12.0 Å². The fourth-order valence-corrected chi connectivity index (χ4v) is 2.09. The van der Waals surface area contributed by atoms with E-state index in [1.54, 1.807) is 19.1 Å². The lowest BCUT2D eigenvalue weighted by Gasteiger charge is -2.30. The van der Waals surface area contributed by atoms with Crippen molar-refractivity contribution < 1.29 is 23.8 Å². The fraction of sp³-hybridized carbons (Fsp3) is 0.385. The van der Waals surface area contributed by atoms with Gasteiger partial charge in [-0.25, -0.2) is 9.18 Å². The molecule has 19 heavy (non-hydrogen) atoms. The zero-order valence-corrected chi connectivity index (χ0v) is 10.4. The summed E-state index contributed by atoms with van der Waals surface area (Å²) in [6.07, 6.45) is -0.743. The van der Waals surface area contributed by atoms with Gasteiger partial charge in [0.1, 0.15) is 12.4 Å². The van der Waals surface area contributed by atoms with Crippen LogP contribution in [0.3, 0.4) is 0 Å². The summed E-state index contributed by atoms with van der Waals surface area (Å²) in [5, 5.41) is 8.90. The predicted octanol–water partition coefficient (Wildman–Crippen LogP) is 2.01. The van der Waals surface area contributed by atoms with Crippen molar-refractivity contribution in [2.24, 2.45) is 0 Å². The zero-order chi connectivity index (χ0) is 14.0. The minimum absolute atomic E-state index is 0.0410. The third-order valence-electron chi connectivity index (χ3n) is 3.16.